The van der Waals surface area contributed by atoms with Crippen LogP contribution in [0.25, 0.3) is 10.9 Å². The number of nitrogens with one attached hydrogen (secondary N) is 1. The van der Waals surface area contributed by atoms with Gasteiger partial charge in [0.05, 0.1) is 5.52 Å². The first-order chi connectivity index (χ1) is 9.38. The second kappa shape index (κ2) is 6.16. The van der Waals surface area contributed by atoms with Crippen molar-refractivity contribution in [1.29, 1.82) is 0 Å². The minimum atomic E-state index is -1.43. The number of halogens is 2. The Labute approximate surface area is 140 Å². The van der Waals surface area contributed by atoms with Gasteiger partial charge in [0, 0.05) is 24.5 Å². The second-order valence-corrected chi connectivity index (χ2v) is 6.41. The Kier molecular flexibility index (Phi) is 4.73. The van der Waals surface area contributed by atoms with Crippen LogP contribution >= 0.6 is 45.2 Å². The molecule has 0 aliphatic heterocycles. The molecule has 106 valence electrons. The molecule has 0 aliphatic carbocycles. The standard InChI is InChI=1S/C12H9I2NO5/c13-5-3-7(14)10-6(1-2-9(16)17)11(20-12(18)19)15-8(10)4-5/h3-4,15H,1-2H2,(H,16,17)(H,18,19). The molecule has 0 atom stereocenters. The molecule has 3 N–H and O–H groups in total. The molecule has 0 saturated carbocycles. The molecule has 2 rings (SSSR count). The van der Waals surface area contributed by atoms with E-state index in [-0.39, 0.29) is 18.7 Å². The molecule has 0 radical (unpaired) electrons. The van der Waals surface area contributed by atoms with Crippen LogP contribution in [-0.4, -0.2) is 27.3 Å². The number of carbonyl (C=O) groups is 2. The fourth-order valence-corrected chi connectivity index (χ4v) is 4.11. The number of carboxylic acid groups (broad SMARTS) is 2. The van der Waals surface area contributed by atoms with Crippen molar-refractivity contribution >= 4 is 68.2 Å². The summed E-state index contributed by atoms with van der Waals surface area (Å²) in [6.07, 6.45) is -1.32. The highest BCUT2D eigenvalue weighted by molar-refractivity contribution is 14.1. The Bertz CT molecular complexity index is 695. The normalized spacial score (nSPS) is 10.7. The van der Waals surface area contributed by atoms with E-state index in [0.29, 0.717) is 5.56 Å². The van der Waals surface area contributed by atoms with Gasteiger partial charge in [0.1, 0.15) is 0 Å². The highest BCUT2D eigenvalue weighted by atomic mass is 127. The zero-order valence-electron chi connectivity index (χ0n) is 9.94. The lowest BCUT2D eigenvalue weighted by molar-refractivity contribution is -0.136. The van der Waals surface area contributed by atoms with Crippen molar-refractivity contribution < 1.29 is 24.5 Å². The van der Waals surface area contributed by atoms with Crippen molar-refractivity contribution in [1.82, 2.24) is 4.98 Å². The topological polar surface area (TPSA) is 99.6 Å². The lowest BCUT2D eigenvalue weighted by Gasteiger charge is -2.03. The molecule has 1 aromatic heterocycles. The van der Waals surface area contributed by atoms with E-state index in [9.17, 15) is 9.59 Å². The average molecular weight is 501 g/mol. The molecular weight excluding hydrogens is 492 g/mol. The van der Waals surface area contributed by atoms with Crippen molar-refractivity contribution in [2.24, 2.45) is 0 Å². The first kappa shape index (κ1) is 15.4. The monoisotopic (exact) mass is 501 g/mol. The van der Waals surface area contributed by atoms with Crippen molar-refractivity contribution in [3.05, 3.63) is 24.8 Å². The number of aryl methyl sites for hydroxylation is 1. The van der Waals surface area contributed by atoms with Crippen LogP contribution in [0.4, 0.5) is 4.79 Å². The third-order valence-corrected chi connectivity index (χ3v) is 4.13. The number of fused-ring (bicyclic) bond motifs is 1. The number of benzene rings is 1. The minimum absolute atomic E-state index is 0.0914. The van der Waals surface area contributed by atoms with Crippen molar-refractivity contribution in [3.8, 4) is 5.88 Å². The zero-order chi connectivity index (χ0) is 14.9. The molecule has 2 aromatic rings. The average Bonchev–Trinajstić information content (AvgIpc) is 2.62. The molecule has 0 fully saturated rings. The highest BCUT2D eigenvalue weighted by Gasteiger charge is 2.18. The molecular formula is C12H9I2NO5. The Morgan fingerprint density at radius 1 is 1.25 bits per heavy atom. The summed E-state index contributed by atoms with van der Waals surface area (Å²) in [6, 6.07) is 3.79. The second-order valence-electron chi connectivity index (χ2n) is 4.00. The van der Waals surface area contributed by atoms with Gasteiger partial charge in [-0.25, -0.2) is 4.79 Å². The van der Waals surface area contributed by atoms with Gasteiger partial charge in [0.15, 0.2) is 0 Å². The number of H-pyrrole nitrogens is 1. The SMILES string of the molecule is O=C(O)CCc1c(OC(=O)O)[nH]c2cc(I)cc(I)c12. The maximum atomic E-state index is 10.7. The van der Waals surface area contributed by atoms with E-state index in [1.165, 1.54) is 0 Å². The first-order valence-electron chi connectivity index (χ1n) is 5.50. The van der Waals surface area contributed by atoms with Gasteiger partial charge in [-0.3, -0.25) is 4.79 Å². The van der Waals surface area contributed by atoms with Crippen LogP contribution < -0.4 is 4.74 Å². The third-order valence-electron chi connectivity index (χ3n) is 2.66. The number of aromatic amines is 1. The van der Waals surface area contributed by atoms with Crippen molar-refractivity contribution in [2.45, 2.75) is 12.8 Å². The lowest BCUT2D eigenvalue weighted by Crippen LogP contribution is -2.06. The number of ether oxygens (including phenoxy) is 1. The summed E-state index contributed by atoms with van der Waals surface area (Å²) in [4.78, 5) is 24.4. The lowest BCUT2D eigenvalue weighted by atomic mass is 10.1. The van der Waals surface area contributed by atoms with E-state index in [1.807, 2.05) is 12.1 Å². The van der Waals surface area contributed by atoms with Crippen LogP contribution in [0.2, 0.25) is 0 Å². The van der Waals surface area contributed by atoms with Gasteiger partial charge in [-0.05, 0) is 63.7 Å². The quantitative estimate of drug-likeness (QED) is 0.441. The number of carboxylic acids is 1. The largest absolute Gasteiger partial charge is 0.512 e. The Balaban J connectivity index is 2.58. The molecule has 6 nitrogen and oxygen atoms in total. The van der Waals surface area contributed by atoms with Gasteiger partial charge >= 0.3 is 12.1 Å². The Morgan fingerprint density at radius 2 is 1.95 bits per heavy atom. The maximum absolute atomic E-state index is 10.7. The van der Waals surface area contributed by atoms with E-state index in [4.69, 9.17) is 14.9 Å². The number of aliphatic carboxylic acids is 1. The van der Waals surface area contributed by atoms with Gasteiger partial charge in [0.25, 0.3) is 0 Å². The molecule has 0 unspecified atom stereocenters. The molecule has 0 bridgehead atoms. The maximum Gasteiger partial charge on any atom is 0.512 e. The van der Waals surface area contributed by atoms with Crippen LogP contribution in [-0.2, 0) is 11.2 Å². The van der Waals surface area contributed by atoms with Crippen molar-refractivity contribution in [2.75, 3.05) is 0 Å². The van der Waals surface area contributed by atoms with Crippen LogP contribution in [0, 0.1) is 7.14 Å². The van der Waals surface area contributed by atoms with Gasteiger partial charge in [0.2, 0.25) is 5.88 Å². The fraction of sp³-hybridized carbons (Fsp3) is 0.167. The van der Waals surface area contributed by atoms with Crippen LogP contribution in [0.3, 0.4) is 0 Å². The van der Waals surface area contributed by atoms with Gasteiger partial charge < -0.3 is 19.9 Å². The molecule has 0 saturated heterocycles. The highest BCUT2D eigenvalue weighted by Crippen LogP contribution is 2.34. The smallest absolute Gasteiger partial charge is 0.481 e. The summed E-state index contributed by atoms with van der Waals surface area (Å²) in [6.45, 7) is 0. The Morgan fingerprint density at radius 3 is 2.55 bits per heavy atom. The third kappa shape index (κ3) is 3.34. The van der Waals surface area contributed by atoms with Gasteiger partial charge in [-0.15, -0.1) is 0 Å². The summed E-state index contributed by atoms with van der Waals surface area (Å²) in [5, 5.41) is 18.4. The minimum Gasteiger partial charge on any atom is -0.481 e. The molecule has 0 amide bonds. The van der Waals surface area contributed by atoms with Gasteiger partial charge in [-0.1, -0.05) is 0 Å². The van der Waals surface area contributed by atoms with E-state index in [0.717, 1.165) is 18.0 Å². The number of rotatable bonds is 4. The molecule has 1 aromatic carbocycles. The van der Waals surface area contributed by atoms with E-state index in [2.05, 4.69) is 50.2 Å². The number of hydrogen-bond acceptors (Lipinski definition) is 3. The number of hydrogen-bond donors (Lipinski definition) is 3. The molecule has 8 heteroatoms. The van der Waals surface area contributed by atoms with E-state index >= 15 is 0 Å². The van der Waals surface area contributed by atoms with Gasteiger partial charge in [-0.2, -0.15) is 0 Å². The predicted molar refractivity (Wildman–Crippen MR) is 88.3 cm³/mol. The predicted octanol–water partition coefficient (Wildman–Crippen LogP) is 3.45. The molecule has 0 aliphatic rings. The number of aromatic nitrogens is 1. The summed E-state index contributed by atoms with van der Waals surface area (Å²) < 4.78 is 6.63. The van der Waals surface area contributed by atoms with Crippen LogP contribution in [0.5, 0.6) is 5.88 Å². The summed E-state index contributed by atoms with van der Waals surface area (Å²) in [7, 11) is 0. The van der Waals surface area contributed by atoms with Crippen molar-refractivity contribution in [3.63, 3.8) is 0 Å². The molecule has 0 spiro atoms. The van der Waals surface area contributed by atoms with Crippen LogP contribution in [0.15, 0.2) is 12.1 Å². The summed E-state index contributed by atoms with van der Waals surface area (Å²) >= 11 is 4.29. The van der Waals surface area contributed by atoms with E-state index < -0.39 is 12.1 Å². The summed E-state index contributed by atoms with van der Waals surface area (Å²) in [5.74, 6) is -0.852. The Hall–Kier alpha value is -1.04. The van der Waals surface area contributed by atoms with Crippen LogP contribution in [0.1, 0.15) is 12.0 Å². The fourth-order valence-electron chi connectivity index (χ4n) is 1.94. The zero-order valence-corrected chi connectivity index (χ0v) is 14.3. The summed E-state index contributed by atoms with van der Waals surface area (Å²) in [5.41, 5.74) is 1.31. The van der Waals surface area contributed by atoms with E-state index in [1.54, 1.807) is 0 Å². The molecule has 20 heavy (non-hydrogen) atoms. The molecule has 1 heterocycles. The first-order valence-corrected chi connectivity index (χ1v) is 7.66.